The number of anilines is 2. The lowest BCUT2D eigenvalue weighted by Crippen LogP contribution is -2.49. The van der Waals surface area contributed by atoms with Crippen molar-refractivity contribution in [1.29, 1.82) is 0 Å². The Hall–Kier alpha value is -1.36. The number of nitrogens with two attached hydrogens (primary N) is 1. The maximum atomic E-state index is 5.68. The number of aryl methyl sites for hydroxylation is 1. The van der Waals surface area contributed by atoms with Crippen LogP contribution in [0.3, 0.4) is 0 Å². The summed E-state index contributed by atoms with van der Waals surface area (Å²) in [6.45, 7) is 10.6. The second-order valence-corrected chi connectivity index (χ2v) is 4.84. The molecule has 0 saturated carbocycles. The van der Waals surface area contributed by atoms with Crippen LogP contribution < -0.4 is 10.6 Å². The molecule has 0 radical (unpaired) electrons. The normalized spacial score (nSPS) is 17.8. The van der Waals surface area contributed by atoms with Crippen molar-refractivity contribution in [2.75, 3.05) is 36.8 Å². The summed E-state index contributed by atoms with van der Waals surface area (Å²) in [7, 11) is 0. The van der Waals surface area contributed by atoms with Crippen LogP contribution in [0.15, 0.2) is 6.07 Å². The first kappa shape index (κ1) is 12.1. The van der Waals surface area contributed by atoms with Gasteiger partial charge in [-0.3, -0.25) is 4.90 Å². The van der Waals surface area contributed by atoms with Crippen molar-refractivity contribution >= 4 is 11.8 Å². The lowest BCUT2D eigenvalue weighted by atomic mass is 10.2. The largest absolute Gasteiger partial charge is 0.368 e. The number of nitrogens with zero attached hydrogens (tertiary/aromatic N) is 4. The molecule has 17 heavy (non-hydrogen) atoms. The SMILES string of the molecule is Cc1cc(N2CCN(C(C)C)CC2)nc(N)n1. The Morgan fingerprint density at radius 3 is 2.35 bits per heavy atom. The number of hydrogen-bond donors (Lipinski definition) is 1. The minimum absolute atomic E-state index is 0.367. The van der Waals surface area contributed by atoms with Gasteiger partial charge in [0.15, 0.2) is 0 Å². The van der Waals surface area contributed by atoms with Gasteiger partial charge in [-0.2, -0.15) is 4.98 Å². The molecule has 0 aromatic carbocycles. The molecule has 2 rings (SSSR count). The third-order valence-electron chi connectivity index (χ3n) is 3.23. The molecule has 0 spiro atoms. The van der Waals surface area contributed by atoms with Crippen molar-refractivity contribution in [2.24, 2.45) is 0 Å². The summed E-state index contributed by atoms with van der Waals surface area (Å²) >= 11 is 0. The highest BCUT2D eigenvalue weighted by atomic mass is 15.3. The molecule has 1 fully saturated rings. The van der Waals surface area contributed by atoms with Crippen LogP contribution >= 0.6 is 0 Å². The zero-order valence-corrected chi connectivity index (χ0v) is 10.8. The summed E-state index contributed by atoms with van der Waals surface area (Å²) in [5.41, 5.74) is 6.61. The van der Waals surface area contributed by atoms with E-state index in [2.05, 4.69) is 33.6 Å². The number of hydrogen-bond acceptors (Lipinski definition) is 5. The fraction of sp³-hybridized carbons (Fsp3) is 0.667. The van der Waals surface area contributed by atoms with E-state index in [0.717, 1.165) is 37.7 Å². The van der Waals surface area contributed by atoms with Gasteiger partial charge >= 0.3 is 0 Å². The third kappa shape index (κ3) is 2.85. The summed E-state index contributed by atoms with van der Waals surface area (Å²) in [5, 5.41) is 0. The van der Waals surface area contributed by atoms with Gasteiger partial charge in [-0.1, -0.05) is 0 Å². The number of rotatable bonds is 2. The van der Waals surface area contributed by atoms with Gasteiger partial charge in [0, 0.05) is 44.0 Å². The summed E-state index contributed by atoms with van der Waals surface area (Å²) in [6, 6.07) is 2.62. The molecule has 0 unspecified atom stereocenters. The molecule has 1 aliphatic heterocycles. The lowest BCUT2D eigenvalue weighted by Gasteiger charge is -2.37. The Morgan fingerprint density at radius 2 is 1.82 bits per heavy atom. The predicted molar refractivity (Wildman–Crippen MR) is 70.1 cm³/mol. The highest BCUT2D eigenvalue weighted by Crippen LogP contribution is 2.16. The van der Waals surface area contributed by atoms with E-state index in [0.29, 0.717) is 12.0 Å². The smallest absolute Gasteiger partial charge is 0.222 e. The minimum atomic E-state index is 0.367. The predicted octanol–water partition coefficient (Wildman–Crippen LogP) is 0.898. The maximum absolute atomic E-state index is 5.68. The fourth-order valence-corrected chi connectivity index (χ4v) is 2.20. The van der Waals surface area contributed by atoms with E-state index in [-0.39, 0.29) is 0 Å². The molecule has 5 nitrogen and oxygen atoms in total. The molecular weight excluding hydrogens is 214 g/mol. The molecular formula is C12H21N5. The topological polar surface area (TPSA) is 58.3 Å². The van der Waals surface area contributed by atoms with E-state index in [4.69, 9.17) is 5.73 Å². The molecule has 5 heteroatoms. The Balaban J connectivity index is 2.05. The quantitative estimate of drug-likeness (QED) is 0.825. The van der Waals surface area contributed by atoms with Crippen molar-refractivity contribution in [3.63, 3.8) is 0 Å². The summed E-state index contributed by atoms with van der Waals surface area (Å²) < 4.78 is 0. The number of piperazine rings is 1. The van der Waals surface area contributed by atoms with Crippen LogP contribution in [-0.4, -0.2) is 47.1 Å². The van der Waals surface area contributed by atoms with Gasteiger partial charge in [-0.15, -0.1) is 0 Å². The van der Waals surface area contributed by atoms with E-state index in [1.165, 1.54) is 0 Å². The first-order valence-corrected chi connectivity index (χ1v) is 6.16. The van der Waals surface area contributed by atoms with E-state index >= 15 is 0 Å². The molecule has 0 aliphatic carbocycles. The Kier molecular flexibility index (Phi) is 3.47. The first-order valence-electron chi connectivity index (χ1n) is 6.16. The first-order chi connectivity index (χ1) is 8.06. The van der Waals surface area contributed by atoms with Crippen LogP contribution in [0.1, 0.15) is 19.5 Å². The van der Waals surface area contributed by atoms with Gasteiger partial charge in [0.05, 0.1) is 0 Å². The van der Waals surface area contributed by atoms with Crippen molar-refractivity contribution in [1.82, 2.24) is 14.9 Å². The van der Waals surface area contributed by atoms with Crippen LogP contribution in [0.25, 0.3) is 0 Å². The zero-order valence-electron chi connectivity index (χ0n) is 10.8. The van der Waals surface area contributed by atoms with Crippen LogP contribution in [0.4, 0.5) is 11.8 Å². The number of nitrogen functional groups attached to an aromatic ring is 1. The van der Waals surface area contributed by atoms with Gasteiger partial charge in [-0.25, -0.2) is 4.98 Å². The molecule has 0 amide bonds. The zero-order chi connectivity index (χ0) is 12.4. The monoisotopic (exact) mass is 235 g/mol. The van der Waals surface area contributed by atoms with E-state index < -0.39 is 0 Å². The second-order valence-electron chi connectivity index (χ2n) is 4.84. The summed E-state index contributed by atoms with van der Waals surface area (Å²) in [6.07, 6.45) is 0. The van der Waals surface area contributed by atoms with Gasteiger partial charge < -0.3 is 10.6 Å². The van der Waals surface area contributed by atoms with Crippen LogP contribution in [0, 0.1) is 6.92 Å². The van der Waals surface area contributed by atoms with Crippen LogP contribution in [-0.2, 0) is 0 Å². The average molecular weight is 235 g/mol. The molecule has 2 N–H and O–H groups in total. The van der Waals surface area contributed by atoms with Gasteiger partial charge in [0.2, 0.25) is 5.95 Å². The number of aromatic nitrogens is 2. The molecule has 1 saturated heterocycles. The van der Waals surface area contributed by atoms with Crippen molar-refractivity contribution < 1.29 is 0 Å². The Morgan fingerprint density at radius 1 is 1.18 bits per heavy atom. The van der Waals surface area contributed by atoms with E-state index in [1.807, 2.05) is 13.0 Å². The standard InChI is InChI=1S/C12H21N5/c1-9(2)16-4-6-17(7-5-16)11-8-10(3)14-12(13)15-11/h8-9H,4-7H2,1-3H3,(H2,13,14,15). The molecule has 0 atom stereocenters. The van der Waals surface area contributed by atoms with Gasteiger partial charge in [-0.05, 0) is 20.8 Å². The van der Waals surface area contributed by atoms with Crippen molar-refractivity contribution in [3.8, 4) is 0 Å². The highest BCUT2D eigenvalue weighted by molar-refractivity contribution is 5.43. The summed E-state index contributed by atoms with van der Waals surface area (Å²) in [4.78, 5) is 13.2. The van der Waals surface area contributed by atoms with Crippen LogP contribution in [0.2, 0.25) is 0 Å². The van der Waals surface area contributed by atoms with Crippen molar-refractivity contribution in [2.45, 2.75) is 26.8 Å². The van der Waals surface area contributed by atoms with Crippen molar-refractivity contribution in [3.05, 3.63) is 11.8 Å². The molecule has 94 valence electrons. The van der Waals surface area contributed by atoms with Gasteiger partial charge in [0.1, 0.15) is 5.82 Å². The molecule has 2 heterocycles. The minimum Gasteiger partial charge on any atom is -0.368 e. The molecule has 1 aliphatic rings. The molecule has 0 bridgehead atoms. The van der Waals surface area contributed by atoms with Crippen LogP contribution in [0.5, 0.6) is 0 Å². The van der Waals surface area contributed by atoms with E-state index in [1.54, 1.807) is 0 Å². The van der Waals surface area contributed by atoms with E-state index in [9.17, 15) is 0 Å². The highest BCUT2D eigenvalue weighted by Gasteiger charge is 2.20. The average Bonchev–Trinajstić information content (AvgIpc) is 2.28. The summed E-state index contributed by atoms with van der Waals surface area (Å²) in [5.74, 6) is 1.32. The Bertz CT molecular complexity index is 362. The second kappa shape index (κ2) is 4.87. The Labute approximate surface area is 103 Å². The maximum Gasteiger partial charge on any atom is 0.222 e. The molecule has 1 aromatic rings. The fourth-order valence-electron chi connectivity index (χ4n) is 2.20. The third-order valence-corrected chi connectivity index (χ3v) is 3.23. The molecule has 1 aromatic heterocycles. The lowest BCUT2D eigenvalue weighted by molar-refractivity contribution is 0.209. The van der Waals surface area contributed by atoms with Gasteiger partial charge in [0.25, 0.3) is 0 Å².